The highest BCUT2D eigenvalue weighted by molar-refractivity contribution is 5.86. The van der Waals surface area contributed by atoms with Crippen LogP contribution in [0.15, 0.2) is 18.3 Å². The van der Waals surface area contributed by atoms with Crippen LogP contribution in [0, 0.1) is 0 Å². The van der Waals surface area contributed by atoms with E-state index in [1.807, 2.05) is 23.2 Å². The summed E-state index contributed by atoms with van der Waals surface area (Å²) in [6.07, 6.45) is 6.32. The predicted octanol–water partition coefficient (Wildman–Crippen LogP) is 2.20. The van der Waals surface area contributed by atoms with Crippen LogP contribution in [-0.4, -0.2) is 83.9 Å². The van der Waals surface area contributed by atoms with Gasteiger partial charge >= 0.3 is 5.97 Å². The second kappa shape index (κ2) is 12.9. The largest absolute Gasteiger partial charge is 0.493 e. The van der Waals surface area contributed by atoms with Gasteiger partial charge in [-0.1, -0.05) is 11.6 Å². The number of rotatable bonds is 13. The van der Waals surface area contributed by atoms with Gasteiger partial charge in [0.1, 0.15) is 5.69 Å². The van der Waals surface area contributed by atoms with Crippen LogP contribution in [0.25, 0.3) is 11.3 Å². The number of benzene rings is 1. The molecule has 11 nitrogen and oxygen atoms in total. The number of carbonyl (C=O) groups excluding carboxylic acids is 1. The molecule has 1 aromatic heterocycles. The average molecular weight is 490 g/mol. The van der Waals surface area contributed by atoms with E-state index in [0.29, 0.717) is 36.0 Å². The summed E-state index contributed by atoms with van der Waals surface area (Å²) in [6, 6.07) is 3.03. The minimum absolute atomic E-state index is 0.172. The molecule has 3 rings (SSSR count). The van der Waals surface area contributed by atoms with Crippen molar-refractivity contribution in [1.29, 1.82) is 0 Å². The van der Waals surface area contributed by atoms with E-state index in [1.54, 1.807) is 26.0 Å². The molecule has 1 aliphatic rings. The molecule has 1 saturated heterocycles. The first-order valence-electron chi connectivity index (χ1n) is 11.9. The van der Waals surface area contributed by atoms with E-state index in [1.165, 1.54) is 0 Å². The third-order valence-corrected chi connectivity index (χ3v) is 6.11. The summed E-state index contributed by atoms with van der Waals surface area (Å²) < 4.78 is 17.9. The number of aryl methyl sites for hydroxylation is 1. The number of hydrogen-bond acceptors (Lipinski definition) is 8. The first-order chi connectivity index (χ1) is 17.0. The third-order valence-electron chi connectivity index (χ3n) is 6.11. The fraction of sp³-hybridized carbons (Fsp3) is 0.583. The fourth-order valence-electron chi connectivity index (χ4n) is 4.28. The van der Waals surface area contributed by atoms with Crippen molar-refractivity contribution in [3.05, 3.63) is 18.3 Å². The second-order valence-electron chi connectivity index (χ2n) is 8.49. The van der Waals surface area contributed by atoms with Crippen LogP contribution in [0.3, 0.4) is 0 Å². The standard InChI is InChI=1S/C24H35N5O6/c1-33-20-13-17(14-21(34-2)23(20)35-3)18-16-29(27-26-18)12-8-5-9-25-24(32)19(15-22(30)31)28-10-6-4-7-11-28/h13-14,16,19H,4-12,15H2,1-3H3,(H,25,32)(H,30,31). The number of piperidine rings is 1. The zero-order valence-corrected chi connectivity index (χ0v) is 20.7. The van der Waals surface area contributed by atoms with Gasteiger partial charge in [0.25, 0.3) is 0 Å². The number of hydrogen-bond donors (Lipinski definition) is 2. The van der Waals surface area contributed by atoms with Gasteiger partial charge in [0, 0.05) is 18.7 Å². The van der Waals surface area contributed by atoms with E-state index in [9.17, 15) is 14.7 Å². The van der Waals surface area contributed by atoms with Gasteiger partial charge in [0.15, 0.2) is 11.5 Å². The number of ether oxygens (including phenoxy) is 3. The number of likely N-dealkylation sites (tertiary alicyclic amines) is 1. The molecular weight excluding hydrogens is 454 g/mol. The fourth-order valence-corrected chi connectivity index (χ4v) is 4.28. The lowest BCUT2D eigenvalue weighted by molar-refractivity contribution is -0.142. The Morgan fingerprint density at radius 2 is 1.74 bits per heavy atom. The summed E-state index contributed by atoms with van der Waals surface area (Å²) in [4.78, 5) is 25.9. The number of aliphatic carboxylic acids is 1. The molecule has 0 saturated carbocycles. The molecule has 192 valence electrons. The number of aromatic nitrogens is 3. The predicted molar refractivity (Wildman–Crippen MR) is 129 cm³/mol. The molecule has 1 aromatic carbocycles. The molecule has 0 bridgehead atoms. The number of methoxy groups -OCH3 is 3. The van der Waals surface area contributed by atoms with Gasteiger partial charge in [-0.05, 0) is 50.9 Å². The van der Waals surface area contributed by atoms with Crippen LogP contribution in [0.1, 0.15) is 38.5 Å². The number of nitrogens with zero attached hydrogens (tertiary/aromatic N) is 4. The number of carbonyl (C=O) groups is 2. The minimum atomic E-state index is -0.954. The van der Waals surface area contributed by atoms with Crippen molar-refractivity contribution >= 4 is 11.9 Å². The van der Waals surface area contributed by atoms with E-state index < -0.39 is 12.0 Å². The zero-order chi connectivity index (χ0) is 25.2. The molecule has 0 aliphatic carbocycles. The van der Waals surface area contributed by atoms with Gasteiger partial charge in [0.05, 0.1) is 40.0 Å². The van der Waals surface area contributed by atoms with Crippen LogP contribution in [-0.2, 0) is 16.1 Å². The highest BCUT2D eigenvalue weighted by Crippen LogP contribution is 2.40. The minimum Gasteiger partial charge on any atom is -0.493 e. The Bertz CT molecular complexity index is 964. The Morgan fingerprint density at radius 1 is 1.06 bits per heavy atom. The van der Waals surface area contributed by atoms with Crippen LogP contribution in [0.2, 0.25) is 0 Å². The Labute approximate surface area is 205 Å². The van der Waals surface area contributed by atoms with Gasteiger partial charge in [-0.25, -0.2) is 0 Å². The maximum absolute atomic E-state index is 12.6. The van der Waals surface area contributed by atoms with E-state index in [-0.39, 0.29) is 12.3 Å². The summed E-state index contributed by atoms with van der Waals surface area (Å²) in [5.74, 6) is 0.430. The van der Waals surface area contributed by atoms with E-state index >= 15 is 0 Å². The van der Waals surface area contributed by atoms with Crippen molar-refractivity contribution in [3.63, 3.8) is 0 Å². The molecule has 11 heteroatoms. The molecule has 0 spiro atoms. The number of carboxylic acids is 1. The number of amides is 1. The van der Waals surface area contributed by atoms with E-state index in [0.717, 1.165) is 50.8 Å². The summed E-state index contributed by atoms with van der Waals surface area (Å²) in [5, 5.41) is 20.6. The second-order valence-corrected chi connectivity index (χ2v) is 8.49. The lowest BCUT2D eigenvalue weighted by Crippen LogP contribution is -2.50. The van der Waals surface area contributed by atoms with Gasteiger partial charge < -0.3 is 24.6 Å². The van der Waals surface area contributed by atoms with Gasteiger partial charge in [-0.3, -0.25) is 19.2 Å². The van der Waals surface area contributed by atoms with E-state index in [2.05, 4.69) is 15.6 Å². The zero-order valence-electron chi connectivity index (χ0n) is 20.7. The van der Waals surface area contributed by atoms with Crippen molar-refractivity contribution in [2.75, 3.05) is 41.0 Å². The first-order valence-corrected chi connectivity index (χ1v) is 11.9. The van der Waals surface area contributed by atoms with E-state index in [4.69, 9.17) is 14.2 Å². The van der Waals surface area contributed by atoms with Crippen molar-refractivity contribution in [2.24, 2.45) is 0 Å². The molecule has 1 amide bonds. The molecule has 1 aliphatic heterocycles. The summed E-state index contributed by atoms with van der Waals surface area (Å²) in [6.45, 7) is 2.66. The highest BCUT2D eigenvalue weighted by atomic mass is 16.5. The Morgan fingerprint density at radius 3 is 2.34 bits per heavy atom. The van der Waals surface area contributed by atoms with Gasteiger partial charge in [-0.15, -0.1) is 5.10 Å². The number of nitrogens with one attached hydrogen (secondary N) is 1. The van der Waals surface area contributed by atoms with Crippen LogP contribution in [0.4, 0.5) is 0 Å². The Balaban J connectivity index is 1.50. The quantitative estimate of drug-likeness (QED) is 0.407. The monoisotopic (exact) mass is 489 g/mol. The molecule has 2 heterocycles. The third kappa shape index (κ3) is 7.08. The lowest BCUT2D eigenvalue weighted by Gasteiger charge is -2.32. The van der Waals surface area contributed by atoms with Crippen molar-refractivity contribution < 1.29 is 28.9 Å². The molecule has 1 fully saturated rings. The van der Waals surface area contributed by atoms with Gasteiger partial charge in [0.2, 0.25) is 11.7 Å². The first kappa shape index (κ1) is 26.3. The van der Waals surface area contributed by atoms with Gasteiger partial charge in [-0.2, -0.15) is 0 Å². The SMILES string of the molecule is COc1cc(-c2cn(CCCCNC(=O)C(CC(=O)O)N3CCCCC3)nn2)cc(OC)c1OC. The smallest absolute Gasteiger partial charge is 0.305 e. The normalized spacial score (nSPS) is 14.8. The van der Waals surface area contributed by atoms with Crippen molar-refractivity contribution in [3.8, 4) is 28.5 Å². The maximum atomic E-state index is 12.6. The van der Waals surface area contributed by atoms with Crippen LogP contribution >= 0.6 is 0 Å². The molecule has 1 atom stereocenters. The molecular formula is C24H35N5O6. The van der Waals surface area contributed by atoms with Crippen LogP contribution < -0.4 is 19.5 Å². The average Bonchev–Trinajstić information content (AvgIpc) is 3.35. The van der Waals surface area contributed by atoms with Crippen molar-refractivity contribution in [2.45, 2.75) is 51.1 Å². The van der Waals surface area contributed by atoms with Crippen LogP contribution in [0.5, 0.6) is 17.2 Å². The molecule has 2 aromatic rings. The summed E-state index contributed by atoms with van der Waals surface area (Å²) >= 11 is 0. The number of unbranched alkanes of at least 4 members (excludes halogenated alkanes) is 1. The highest BCUT2D eigenvalue weighted by Gasteiger charge is 2.29. The maximum Gasteiger partial charge on any atom is 0.305 e. The lowest BCUT2D eigenvalue weighted by atomic mass is 10.1. The summed E-state index contributed by atoms with van der Waals surface area (Å²) in [5.41, 5.74) is 1.47. The molecule has 0 radical (unpaired) electrons. The molecule has 1 unspecified atom stereocenters. The number of carboxylic acid groups (broad SMARTS) is 1. The molecule has 35 heavy (non-hydrogen) atoms. The Kier molecular flexibility index (Phi) is 9.71. The van der Waals surface area contributed by atoms with Crippen molar-refractivity contribution in [1.82, 2.24) is 25.2 Å². The summed E-state index contributed by atoms with van der Waals surface area (Å²) in [7, 11) is 4.68. The Hall–Kier alpha value is -3.34. The molecule has 2 N–H and O–H groups in total. The topological polar surface area (TPSA) is 128 Å².